The Morgan fingerprint density at radius 2 is 1.91 bits per heavy atom. The van der Waals surface area contributed by atoms with Crippen molar-refractivity contribution >= 4 is 5.97 Å². The van der Waals surface area contributed by atoms with Crippen LogP contribution < -0.4 is 4.74 Å². The van der Waals surface area contributed by atoms with Crippen molar-refractivity contribution in [2.45, 2.75) is 44.2 Å². The van der Waals surface area contributed by atoms with Crippen LogP contribution in [0.2, 0.25) is 0 Å². The van der Waals surface area contributed by atoms with Crippen molar-refractivity contribution in [3.63, 3.8) is 0 Å². The molecule has 0 spiro atoms. The number of hydrogen-bond acceptors (Lipinski definition) is 8. The zero-order chi connectivity index (χ0) is 23.1. The molecule has 1 fully saturated rings. The summed E-state index contributed by atoms with van der Waals surface area (Å²) in [5.41, 5.74) is 1.90. The van der Waals surface area contributed by atoms with E-state index in [2.05, 4.69) is 6.58 Å². The van der Waals surface area contributed by atoms with Gasteiger partial charge >= 0.3 is 5.97 Å². The fourth-order valence-corrected chi connectivity index (χ4v) is 3.36. The second-order valence-electron chi connectivity index (χ2n) is 7.45. The molecule has 1 aliphatic heterocycles. The minimum atomic E-state index is -1.51. The first kappa shape index (κ1) is 23.9. The van der Waals surface area contributed by atoms with E-state index in [1.165, 1.54) is 6.08 Å². The van der Waals surface area contributed by atoms with Crippen LogP contribution in [0.15, 0.2) is 61.2 Å². The van der Waals surface area contributed by atoms with E-state index in [1.807, 2.05) is 30.3 Å². The van der Waals surface area contributed by atoms with E-state index in [1.54, 1.807) is 25.1 Å². The molecule has 32 heavy (non-hydrogen) atoms. The van der Waals surface area contributed by atoms with Gasteiger partial charge in [-0.05, 0) is 36.2 Å². The fraction of sp³-hybridized carbons (Fsp3) is 0.375. The van der Waals surface area contributed by atoms with Crippen LogP contribution in [0.5, 0.6) is 5.75 Å². The van der Waals surface area contributed by atoms with E-state index in [9.17, 15) is 20.1 Å². The number of benzene rings is 2. The largest absolute Gasteiger partial charge is 0.489 e. The summed E-state index contributed by atoms with van der Waals surface area (Å²) in [6.07, 6.45) is -5.04. The SMILES string of the molecule is C=CCO[C@H]1O[C@H](CO)[C@@H](O)[C@H](O)[C@H]1OC(=O)c1ccc(OCc2ccccc2)cc1C. The average Bonchev–Trinajstić information content (AvgIpc) is 2.80. The zero-order valence-electron chi connectivity index (χ0n) is 17.8. The summed E-state index contributed by atoms with van der Waals surface area (Å²) >= 11 is 0. The summed E-state index contributed by atoms with van der Waals surface area (Å²) in [5, 5.41) is 30.0. The lowest BCUT2D eigenvalue weighted by Crippen LogP contribution is -2.60. The van der Waals surface area contributed by atoms with Crippen molar-refractivity contribution in [2.75, 3.05) is 13.2 Å². The predicted octanol–water partition coefficient (Wildman–Crippen LogP) is 1.74. The van der Waals surface area contributed by atoms with Gasteiger partial charge in [0.25, 0.3) is 0 Å². The molecule has 5 atom stereocenters. The molecule has 3 rings (SSSR count). The Morgan fingerprint density at radius 3 is 2.56 bits per heavy atom. The summed E-state index contributed by atoms with van der Waals surface area (Å²) in [7, 11) is 0. The topological polar surface area (TPSA) is 115 Å². The number of ether oxygens (including phenoxy) is 4. The molecule has 3 N–H and O–H groups in total. The molecular weight excluding hydrogens is 416 g/mol. The van der Waals surface area contributed by atoms with Gasteiger partial charge in [-0.1, -0.05) is 36.4 Å². The third-order valence-corrected chi connectivity index (χ3v) is 5.11. The van der Waals surface area contributed by atoms with Gasteiger partial charge < -0.3 is 34.3 Å². The molecule has 0 aromatic heterocycles. The molecule has 1 aliphatic rings. The monoisotopic (exact) mass is 444 g/mol. The Labute approximate surface area is 186 Å². The Morgan fingerprint density at radius 1 is 1.16 bits per heavy atom. The van der Waals surface area contributed by atoms with Crippen molar-refractivity contribution in [1.29, 1.82) is 0 Å². The summed E-state index contributed by atoms with van der Waals surface area (Å²) in [6.45, 7) is 5.20. The lowest BCUT2D eigenvalue weighted by molar-refractivity contribution is -0.297. The van der Waals surface area contributed by atoms with Crippen LogP contribution in [-0.4, -0.2) is 65.2 Å². The standard InChI is InChI=1S/C24H28O8/c1-3-11-29-24-22(21(27)20(26)19(13-25)31-24)32-23(28)18-10-9-17(12-15(18)2)30-14-16-7-5-4-6-8-16/h3-10,12,19-22,24-27H,1,11,13-14H2,2H3/t19-,20-,21+,22-,24+/m1/s1. The van der Waals surface area contributed by atoms with Crippen LogP contribution in [0, 0.1) is 6.92 Å². The maximum Gasteiger partial charge on any atom is 0.338 e. The third kappa shape index (κ3) is 5.73. The molecule has 0 bridgehead atoms. The maximum absolute atomic E-state index is 12.8. The van der Waals surface area contributed by atoms with Gasteiger partial charge in [0.2, 0.25) is 0 Å². The maximum atomic E-state index is 12.8. The van der Waals surface area contributed by atoms with Crippen LogP contribution in [0.4, 0.5) is 0 Å². The van der Waals surface area contributed by atoms with Crippen molar-refractivity contribution in [3.8, 4) is 5.75 Å². The lowest BCUT2D eigenvalue weighted by Gasteiger charge is -2.41. The first-order valence-corrected chi connectivity index (χ1v) is 10.3. The molecule has 2 aromatic carbocycles. The van der Waals surface area contributed by atoms with Gasteiger partial charge in [-0.2, -0.15) is 0 Å². The summed E-state index contributed by atoms with van der Waals surface area (Å²) < 4.78 is 22.1. The smallest absolute Gasteiger partial charge is 0.338 e. The number of carbonyl (C=O) groups excluding carboxylic acids is 1. The Kier molecular flexibility index (Phi) is 8.38. The van der Waals surface area contributed by atoms with Crippen molar-refractivity contribution in [2.24, 2.45) is 0 Å². The Balaban J connectivity index is 1.69. The molecule has 8 nitrogen and oxygen atoms in total. The van der Waals surface area contributed by atoms with Gasteiger partial charge in [0.1, 0.15) is 30.7 Å². The Hall–Kier alpha value is -2.75. The predicted molar refractivity (Wildman–Crippen MR) is 115 cm³/mol. The number of carbonyl (C=O) groups is 1. The molecule has 1 saturated heterocycles. The quantitative estimate of drug-likeness (QED) is 0.396. The normalized spacial score (nSPS) is 25.2. The molecule has 8 heteroatoms. The number of aliphatic hydroxyl groups is 3. The third-order valence-electron chi connectivity index (χ3n) is 5.11. The minimum absolute atomic E-state index is 0.0617. The van der Waals surface area contributed by atoms with E-state index in [-0.39, 0.29) is 12.2 Å². The van der Waals surface area contributed by atoms with Crippen molar-refractivity contribution in [1.82, 2.24) is 0 Å². The van der Waals surface area contributed by atoms with Crippen LogP contribution in [0.1, 0.15) is 21.5 Å². The minimum Gasteiger partial charge on any atom is -0.489 e. The molecule has 0 amide bonds. The highest BCUT2D eigenvalue weighted by Gasteiger charge is 2.47. The summed E-state index contributed by atoms with van der Waals surface area (Å²) in [6, 6.07) is 14.6. The molecule has 0 unspecified atom stereocenters. The van der Waals surface area contributed by atoms with Crippen molar-refractivity contribution < 1.29 is 39.1 Å². The zero-order valence-corrected chi connectivity index (χ0v) is 17.8. The Bertz CT molecular complexity index is 900. The van der Waals surface area contributed by atoms with Gasteiger partial charge in [-0.25, -0.2) is 4.79 Å². The molecule has 2 aromatic rings. The molecule has 172 valence electrons. The summed E-state index contributed by atoms with van der Waals surface area (Å²) in [4.78, 5) is 12.8. The number of aryl methyl sites for hydroxylation is 1. The molecular formula is C24H28O8. The van der Waals surface area contributed by atoms with E-state index in [0.29, 0.717) is 17.9 Å². The highest BCUT2D eigenvalue weighted by Crippen LogP contribution is 2.26. The fourth-order valence-electron chi connectivity index (χ4n) is 3.36. The van der Waals surface area contributed by atoms with Gasteiger partial charge in [0.05, 0.1) is 18.8 Å². The number of rotatable bonds is 9. The molecule has 0 radical (unpaired) electrons. The van der Waals surface area contributed by atoms with Crippen LogP contribution in [-0.2, 0) is 20.8 Å². The van der Waals surface area contributed by atoms with Gasteiger partial charge in [-0.3, -0.25) is 0 Å². The lowest BCUT2D eigenvalue weighted by atomic mass is 9.99. The van der Waals surface area contributed by atoms with E-state index < -0.39 is 43.3 Å². The van der Waals surface area contributed by atoms with Crippen LogP contribution >= 0.6 is 0 Å². The second-order valence-corrected chi connectivity index (χ2v) is 7.45. The van der Waals surface area contributed by atoms with Crippen LogP contribution in [0.3, 0.4) is 0 Å². The highest BCUT2D eigenvalue weighted by molar-refractivity contribution is 5.91. The van der Waals surface area contributed by atoms with Crippen molar-refractivity contribution in [3.05, 3.63) is 77.9 Å². The summed E-state index contributed by atoms with van der Waals surface area (Å²) in [5.74, 6) is -0.121. The average molecular weight is 444 g/mol. The number of hydrogen-bond donors (Lipinski definition) is 3. The van der Waals surface area contributed by atoms with Crippen LogP contribution in [0.25, 0.3) is 0 Å². The second kappa shape index (κ2) is 11.2. The van der Waals surface area contributed by atoms with Gasteiger partial charge in [0.15, 0.2) is 12.4 Å². The number of aliphatic hydroxyl groups excluding tert-OH is 3. The first-order valence-electron chi connectivity index (χ1n) is 10.3. The highest BCUT2D eigenvalue weighted by atomic mass is 16.7. The first-order chi connectivity index (χ1) is 15.4. The molecule has 1 heterocycles. The van der Waals surface area contributed by atoms with E-state index in [0.717, 1.165) is 5.56 Å². The molecule has 0 saturated carbocycles. The number of esters is 1. The van der Waals surface area contributed by atoms with Gasteiger partial charge in [-0.15, -0.1) is 6.58 Å². The van der Waals surface area contributed by atoms with Gasteiger partial charge in [0, 0.05) is 0 Å². The van der Waals surface area contributed by atoms with E-state index >= 15 is 0 Å². The van der Waals surface area contributed by atoms with E-state index in [4.69, 9.17) is 18.9 Å². The molecule has 0 aliphatic carbocycles.